The highest BCUT2D eigenvalue weighted by Crippen LogP contribution is 2.28. The van der Waals surface area contributed by atoms with Crippen molar-refractivity contribution in [3.63, 3.8) is 0 Å². The number of rotatable bonds is 5. The van der Waals surface area contributed by atoms with E-state index in [-0.39, 0.29) is 11.7 Å². The summed E-state index contributed by atoms with van der Waals surface area (Å²) in [5, 5.41) is 4.24. The topological polar surface area (TPSA) is 46.9 Å². The van der Waals surface area contributed by atoms with Gasteiger partial charge in [-0.2, -0.15) is 0 Å². The molecule has 134 valence electrons. The molecule has 3 aromatic carbocycles. The van der Waals surface area contributed by atoms with Gasteiger partial charge >= 0.3 is 0 Å². The van der Waals surface area contributed by atoms with Crippen LogP contribution in [-0.4, -0.2) is 21.2 Å². The molecule has 4 rings (SSSR count). The fourth-order valence-electron chi connectivity index (χ4n) is 2.82. The molecule has 4 nitrogen and oxygen atoms in total. The molecule has 0 spiro atoms. The van der Waals surface area contributed by atoms with Gasteiger partial charge in [0.15, 0.2) is 5.16 Å². The number of benzene rings is 3. The van der Waals surface area contributed by atoms with E-state index in [1.165, 1.54) is 11.8 Å². The maximum atomic E-state index is 12.3. The van der Waals surface area contributed by atoms with Crippen molar-refractivity contribution in [2.75, 3.05) is 11.1 Å². The van der Waals surface area contributed by atoms with Crippen LogP contribution in [0.1, 0.15) is 0 Å². The number of hydrogen-bond acceptors (Lipinski definition) is 3. The predicted octanol–water partition coefficient (Wildman–Crippen LogP) is 5.41. The number of halogens is 1. The Morgan fingerprint density at radius 3 is 2.59 bits per heavy atom. The number of para-hydroxylation sites is 3. The maximum Gasteiger partial charge on any atom is 0.234 e. The molecule has 1 N–H and O–H groups in total. The molecule has 4 aromatic rings. The van der Waals surface area contributed by atoms with Crippen molar-refractivity contribution in [1.82, 2.24) is 9.55 Å². The van der Waals surface area contributed by atoms with E-state index < -0.39 is 0 Å². The van der Waals surface area contributed by atoms with Crippen LogP contribution in [0.15, 0.2) is 84.0 Å². The first kappa shape index (κ1) is 17.6. The average molecular weight is 394 g/mol. The number of nitrogens with zero attached hydrogens (tertiary/aromatic N) is 2. The summed E-state index contributed by atoms with van der Waals surface area (Å²) >= 11 is 7.37. The standard InChI is InChI=1S/C21H16ClN3OS/c22-15-7-6-8-16(13-15)23-20(26)14-27-21-24-18-11-4-5-12-19(18)25(21)17-9-2-1-3-10-17/h1-13H,14H2,(H,23,26). The number of thioether (sulfide) groups is 1. The van der Waals surface area contributed by atoms with Gasteiger partial charge in [0.25, 0.3) is 0 Å². The summed E-state index contributed by atoms with van der Waals surface area (Å²) in [6.45, 7) is 0. The zero-order valence-electron chi connectivity index (χ0n) is 14.3. The monoisotopic (exact) mass is 393 g/mol. The zero-order chi connectivity index (χ0) is 18.6. The third kappa shape index (κ3) is 3.99. The van der Waals surface area contributed by atoms with E-state index in [4.69, 9.17) is 16.6 Å². The first-order valence-corrected chi connectivity index (χ1v) is 9.78. The molecule has 1 amide bonds. The Labute approximate surface area is 166 Å². The van der Waals surface area contributed by atoms with Crippen LogP contribution < -0.4 is 5.32 Å². The van der Waals surface area contributed by atoms with Gasteiger partial charge in [-0.3, -0.25) is 9.36 Å². The molecule has 0 unspecified atom stereocenters. The van der Waals surface area contributed by atoms with E-state index in [2.05, 4.69) is 9.88 Å². The molecule has 0 atom stereocenters. The third-order valence-corrected chi connectivity index (χ3v) is 5.16. The molecule has 0 aliphatic heterocycles. The Kier molecular flexibility index (Phi) is 5.14. The Morgan fingerprint density at radius 2 is 1.78 bits per heavy atom. The second kappa shape index (κ2) is 7.86. The van der Waals surface area contributed by atoms with Crippen molar-refractivity contribution in [2.24, 2.45) is 0 Å². The van der Waals surface area contributed by atoms with Gasteiger partial charge in [-0.05, 0) is 42.5 Å². The summed E-state index contributed by atoms with van der Waals surface area (Å²) in [5.41, 5.74) is 3.62. The van der Waals surface area contributed by atoms with Gasteiger partial charge in [-0.15, -0.1) is 0 Å². The highest BCUT2D eigenvalue weighted by molar-refractivity contribution is 7.99. The van der Waals surface area contributed by atoms with E-state index in [0.29, 0.717) is 10.7 Å². The first-order valence-electron chi connectivity index (χ1n) is 8.42. The SMILES string of the molecule is O=C(CSc1nc2ccccc2n1-c1ccccc1)Nc1cccc(Cl)c1. The lowest BCUT2D eigenvalue weighted by Crippen LogP contribution is -2.14. The van der Waals surface area contributed by atoms with Gasteiger partial charge in [-0.25, -0.2) is 4.98 Å². The highest BCUT2D eigenvalue weighted by atomic mass is 35.5. The minimum atomic E-state index is -0.103. The average Bonchev–Trinajstić information content (AvgIpc) is 3.05. The summed E-state index contributed by atoms with van der Waals surface area (Å²) in [6.07, 6.45) is 0. The van der Waals surface area contributed by atoms with Crippen molar-refractivity contribution in [3.05, 3.63) is 83.9 Å². The van der Waals surface area contributed by atoms with Gasteiger partial charge < -0.3 is 5.32 Å². The lowest BCUT2D eigenvalue weighted by atomic mass is 10.3. The van der Waals surface area contributed by atoms with Crippen LogP contribution in [0.4, 0.5) is 5.69 Å². The quantitative estimate of drug-likeness (QED) is 0.461. The summed E-state index contributed by atoms with van der Waals surface area (Å²) in [6, 6.07) is 25.1. The van der Waals surface area contributed by atoms with Crippen molar-refractivity contribution < 1.29 is 4.79 Å². The van der Waals surface area contributed by atoms with Gasteiger partial charge in [0.1, 0.15) is 0 Å². The number of carbonyl (C=O) groups excluding carboxylic acids is 1. The molecule has 0 aliphatic carbocycles. The number of nitrogens with one attached hydrogen (secondary N) is 1. The number of imidazole rings is 1. The van der Waals surface area contributed by atoms with Crippen LogP contribution >= 0.6 is 23.4 Å². The smallest absolute Gasteiger partial charge is 0.234 e. The minimum absolute atomic E-state index is 0.103. The Hall–Kier alpha value is -2.76. The molecule has 6 heteroatoms. The van der Waals surface area contributed by atoms with Gasteiger partial charge in [0.05, 0.1) is 16.8 Å². The van der Waals surface area contributed by atoms with E-state index in [0.717, 1.165) is 21.9 Å². The molecule has 0 fully saturated rings. The van der Waals surface area contributed by atoms with Crippen LogP contribution in [-0.2, 0) is 4.79 Å². The van der Waals surface area contributed by atoms with Crippen molar-refractivity contribution >= 4 is 46.0 Å². The molecule has 1 aromatic heterocycles. The number of anilines is 1. The molecule has 0 aliphatic rings. The number of hydrogen-bond donors (Lipinski definition) is 1. The van der Waals surface area contributed by atoms with E-state index in [1.807, 2.05) is 60.7 Å². The van der Waals surface area contributed by atoms with Gasteiger partial charge in [0, 0.05) is 16.4 Å². The van der Waals surface area contributed by atoms with Crippen molar-refractivity contribution in [2.45, 2.75) is 5.16 Å². The van der Waals surface area contributed by atoms with Gasteiger partial charge in [-0.1, -0.05) is 59.8 Å². The fraction of sp³-hybridized carbons (Fsp3) is 0.0476. The van der Waals surface area contributed by atoms with Crippen LogP contribution in [0, 0.1) is 0 Å². The maximum absolute atomic E-state index is 12.3. The fourth-order valence-corrected chi connectivity index (χ4v) is 3.84. The Morgan fingerprint density at radius 1 is 1.00 bits per heavy atom. The normalized spacial score (nSPS) is 10.9. The number of amides is 1. The molecule has 0 radical (unpaired) electrons. The number of aromatic nitrogens is 2. The lowest BCUT2D eigenvalue weighted by molar-refractivity contribution is -0.113. The summed E-state index contributed by atoms with van der Waals surface area (Å²) in [4.78, 5) is 17.1. The van der Waals surface area contributed by atoms with E-state index >= 15 is 0 Å². The minimum Gasteiger partial charge on any atom is -0.325 e. The van der Waals surface area contributed by atoms with E-state index in [9.17, 15) is 4.79 Å². The van der Waals surface area contributed by atoms with Gasteiger partial charge in [0.2, 0.25) is 5.91 Å². The second-order valence-electron chi connectivity index (χ2n) is 5.90. The van der Waals surface area contributed by atoms with E-state index in [1.54, 1.807) is 18.2 Å². The number of carbonyl (C=O) groups is 1. The van der Waals surface area contributed by atoms with Crippen LogP contribution in [0.5, 0.6) is 0 Å². The second-order valence-corrected chi connectivity index (χ2v) is 7.28. The summed E-state index contributed by atoms with van der Waals surface area (Å²) < 4.78 is 2.08. The largest absolute Gasteiger partial charge is 0.325 e. The highest BCUT2D eigenvalue weighted by Gasteiger charge is 2.14. The molecule has 27 heavy (non-hydrogen) atoms. The van der Waals surface area contributed by atoms with Crippen LogP contribution in [0.2, 0.25) is 5.02 Å². The lowest BCUT2D eigenvalue weighted by Gasteiger charge is -2.09. The molecular weight excluding hydrogens is 378 g/mol. The molecule has 0 saturated carbocycles. The predicted molar refractivity (Wildman–Crippen MR) is 112 cm³/mol. The van der Waals surface area contributed by atoms with Crippen molar-refractivity contribution in [1.29, 1.82) is 0 Å². The Balaban J connectivity index is 1.58. The van der Waals surface area contributed by atoms with Crippen LogP contribution in [0.25, 0.3) is 16.7 Å². The van der Waals surface area contributed by atoms with Crippen LogP contribution in [0.3, 0.4) is 0 Å². The molecular formula is C21H16ClN3OS. The molecule has 1 heterocycles. The molecule has 0 bridgehead atoms. The molecule has 0 saturated heterocycles. The Bertz CT molecular complexity index is 1090. The summed E-state index contributed by atoms with van der Waals surface area (Å²) in [7, 11) is 0. The third-order valence-electron chi connectivity index (χ3n) is 3.99. The van der Waals surface area contributed by atoms with Crippen molar-refractivity contribution in [3.8, 4) is 5.69 Å². The first-order chi connectivity index (χ1) is 13.2. The number of fused-ring (bicyclic) bond motifs is 1. The summed E-state index contributed by atoms with van der Waals surface area (Å²) in [5.74, 6) is 0.150. The zero-order valence-corrected chi connectivity index (χ0v) is 15.9.